The van der Waals surface area contributed by atoms with E-state index in [1.807, 2.05) is 25.1 Å². The van der Waals surface area contributed by atoms with Crippen molar-refractivity contribution in [1.29, 1.82) is 0 Å². The second-order valence-electron chi connectivity index (χ2n) is 3.62. The highest BCUT2D eigenvalue weighted by Crippen LogP contribution is 2.25. The van der Waals surface area contributed by atoms with E-state index in [-0.39, 0.29) is 0 Å². The zero-order valence-corrected chi connectivity index (χ0v) is 10.4. The molecule has 1 heterocycles. The van der Waals surface area contributed by atoms with Crippen LogP contribution in [0.25, 0.3) is 0 Å². The van der Waals surface area contributed by atoms with Gasteiger partial charge in [0.1, 0.15) is 5.82 Å². The fraction of sp³-hybridized carbons (Fsp3) is 0.167. The van der Waals surface area contributed by atoms with Gasteiger partial charge in [0.15, 0.2) is 0 Å². The predicted octanol–water partition coefficient (Wildman–Crippen LogP) is 3.22. The molecule has 88 valence electrons. The number of halogens is 1. The van der Waals surface area contributed by atoms with Crippen LogP contribution in [0.4, 0.5) is 17.5 Å². The maximum Gasteiger partial charge on any atom is 0.224 e. The fourth-order valence-corrected chi connectivity index (χ4v) is 1.69. The molecule has 0 bridgehead atoms. The molecule has 2 N–H and O–H groups in total. The molecule has 0 amide bonds. The normalized spacial score (nSPS) is 10.1. The van der Waals surface area contributed by atoms with Gasteiger partial charge in [-0.2, -0.15) is 4.98 Å². The van der Waals surface area contributed by atoms with Gasteiger partial charge in [-0.15, -0.1) is 0 Å². The highest BCUT2D eigenvalue weighted by molar-refractivity contribution is 6.33. The lowest BCUT2D eigenvalue weighted by Gasteiger charge is -2.08. The van der Waals surface area contributed by atoms with Crippen LogP contribution in [0.1, 0.15) is 5.56 Å². The molecule has 0 fully saturated rings. The minimum atomic E-state index is 0.568. The van der Waals surface area contributed by atoms with Crippen LogP contribution in [0.5, 0.6) is 0 Å². The van der Waals surface area contributed by atoms with E-state index in [9.17, 15) is 0 Å². The van der Waals surface area contributed by atoms with Crippen LogP contribution in [0, 0.1) is 6.92 Å². The van der Waals surface area contributed by atoms with Gasteiger partial charge in [-0.1, -0.05) is 17.7 Å². The summed E-state index contributed by atoms with van der Waals surface area (Å²) < 4.78 is 0. The lowest BCUT2D eigenvalue weighted by molar-refractivity contribution is 1.15. The quantitative estimate of drug-likeness (QED) is 0.876. The standard InChI is InChI=1S/C12H13ClN4/c1-8-3-4-10(9(13)7-8)16-11-5-6-15-12(14-2)17-11/h3-7H,1-2H3,(H2,14,15,16,17). The van der Waals surface area contributed by atoms with Crippen molar-refractivity contribution < 1.29 is 0 Å². The number of nitrogens with zero attached hydrogens (tertiary/aromatic N) is 2. The highest BCUT2D eigenvalue weighted by atomic mass is 35.5. The second-order valence-corrected chi connectivity index (χ2v) is 4.03. The molecule has 4 nitrogen and oxygen atoms in total. The molecule has 2 rings (SSSR count). The van der Waals surface area contributed by atoms with Gasteiger partial charge in [-0.05, 0) is 30.7 Å². The molecule has 0 unspecified atom stereocenters. The zero-order valence-electron chi connectivity index (χ0n) is 9.66. The van der Waals surface area contributed by atoms with Gasteiger partial charge in [0.05, 0.1) is 10.7 Å². The summed E-state index contributed by atoms with van der Waals surface area (Å²) in [6.07, 6.45) is 1.68. The summed E-state index contributed by atoms with van der Waals surface area (Å²) in [5.41, 5.74) is 1.96. The first-order chi connectivity index (χ1) is 8.19. The Morgan fingerprint density at radius 3 is 2.76 bits per heavy atom. The number of rotatable bonds is 3. The predicted molar refractivity (Wildman–Crippen MR) is 71.1 cm³/mol. The van der Waals surface area contributed by atoms with Crippen molar-refractivity contribution in [3.63, 3.8) is 0 Å². The lowest BCUT2D eigenvalue weighted by Crippen LogP contribution is -2.00. The Hall–Kier alpha value is -1.81. The van der Waals surface area contributed by atoms with Crippen LogP contribution in [-0.2, 0) is 0 Å². The minimum absolute atomic E-state index is 0.568. The largest absolute Gasteiger partial charge is 0.357 e. The van der Waals surface area contributed by atoms with E-state index in [0.29, 0.717) is 16.8 Å². The maximum atomic E-state index is 6.13. The molecule has 1 aromatic heterocycles. The summed E-state index contributed by atoms with van der Waals surface area (Å²) in [4.78, 5) is 8.30. The summed E-state index contributed by atoms with van der Waals surface area (Å²) in [5.74, 6) is 1.27. The maximum absolute atomic E-state index is 6.13. The summed E-state index contributed by atoms with van der Waals surface area (Å²) in [6.45, 7) is 2.00. The number of nitrogens with one attached hydrogen (secondary N) is 2. The first kappa shape index (κ1) is 11.7. The number of hydrogen-bond acceptors (Lipinski definition) is 4. The van der Waals surface area contributed by atoms with E-state index < -0.39 is 0 Å². The highest BCUT2D eigenvalue weighted by Gasteiger charge is 2.02. The SMILES string of the molecule is CNc1nccc(Nc2ccc(C)cc2Cl)n1. The Morgan fingerprint density at radius 2 is 2.06 bits per heavy atom. The van der Waals surface area contributed by atoms with Crippen molar-refractivity contribution in [2.24, 2.45) is 0 Å². The van der Waals surface area contributed by atoms with E-state index in [4.69, 9.17) is 11.6 Å². The molecule has 5 heteroatoms. The molecular weight excluding hydrogens is 236 g/mol. The van der Waals surface area contributed by atoms with Gasteiger partial charge in [0.2, 0.25) is 5.95 Å². The average molecular weight is 249 g/mol. The Morgan fingerprint density at radius 1 is 1.24 bits per heavy atom. The van der Waals surface area contributed by atoms with Gasteiger partial charge in [0, 0.05) is 13.2 Å². The molecule has 0 atom stereocenters. The molecule has 0 spiro atoms. The third-order valence-corrected chi connectivity index (χ3v) is 2.58. The first-order valence-corrected chi connectivity index (χ1v) is 5.61. The third kappa shape index (κ3) is 2.85. The van der Waals surface area contributed by atoms with E-state index in [1.165, 1.54) is 0 Å². The van der Waals surface area contributed by atoms with Crippen LogP contribution in [0.15, 0.2) is 30.5 Å². The van der Waals surface area contributed by atoms with Crippen LogP contribution in [0.3, 0.4) is 0 Å². The molecule has 2 aromatic rings. The summed E-state index contributed by atoms with van der Waals surface area (Å²) in [5, 5.41) is 6.71. The first-order valence-electron chi connectivity index (χ1n) is 5.23. The van der Waals surface area contributed by atoms with Crippen molar-refractivity contribution >= 4 is 29.1 Å². The van der Waals surface area contributed by atoms with Crippen LogP contribution >= 0.6 is 11.6 Å². The van der Waals surface area contributed by atoms with Crippen LogP contribution < -0.4 is 10.6 Å². The van der Waals surface area contributed by atoms with Crippen molar-refractivity contribution in [2.75, 3.05) is 17.7 Å². The number of anilines is 3. The molecule has 1 aromatic carbocycles. The summed E-state index contributed by atoms with van der Waals surface area (Å²) in [6, 6.07) is 7.62. The Kier molecular flexibility index (Phi) is 3.44. The zero-order chi connectivity index (χ0) is 12.3. The monoisotopic (exact) mass is 248 g/mol. The van der Waals surface area contributed by atoms with Gasteiger partial charge in [-0.3, -0.25) is 0 Å². The van der Waals surface area contributed by atoms with Crippen LogP contribution in [0.2, 0.25) is 5.02 Å². The van der Waals surface area contributed by atoms with Gasteiger partial charge in [-0.25, -0.2) is 4.98 Å². The van der Waals surface area contributed by atoms with Crippen LogP contribution in [-0.4, -0.2) is 17.0 Å². The number of aryl methyl sites for hydroxylation is 1. The van der Waals surface area contributed by atoms with Crippen molar-refractivity contribution in [1.82, 2.24) is 9.97 Å². The van der Waals surface area contributed by atoms with E-state index in [0.717, 1.165) is 11.3 Å². The average Bonchev–Trinajstić information content (AvgIpc) is 2.33. The van der Waals surface area contributed by atoms with E-state index in [1.54, 1.807) is 19.3 Å². The fourth-order valence-electron chi connectivity index (χ4n) is 1.41. The minimum Gasteiger partial charge on any atom is -0.357 e. The second kappa shape index (κ2) is 5.01. The molecule has 0 saturated carbocycles. The molecule has 0 aliphatic carbocycles. The van der Waals surface area contributed by atoms with Crippen molar-refractivity contribution in [3.05, 3.63) is 41.0 Å². The molecular formula is C12H13ClN4. The van der Waals surface area contributed by atoms with Gasteiger partial charge < -0.3 is 10.6 Å². The summed E-state index contributed by atoms with van der Waals surface area (Å²) in [7, 11) is 1.78. The number of benzene rings is 1. The van der Waals surface area contributed by atoms with E-state index in [2.05, 4.69) is 20.6 Å². The molecule has 17 heavy (non-hydrogen) atoms. The molecule has 0 radical (unpaired) electrons. The Balaban J connectivity index is 2.25. The summed E-state index contributed by atoms with van der Waals surface area (Å²) >= 11 is 6.13. The smallest absolute Gasteiger partial charge is 0.224 e. The van der Waals surface area contributed by atoms with Crippen molar-refractivity contribution in [3.8, 4) is 0 Å². The van der Waals surface area contributed by atoms with E-state index >= 15 is 0 Å². The third-order valence-electron chi connectivity index (χ3n) is 2.27. The topological polar surface area (TPSA) is 49.8 Å². The molecule has 0 aliphatic rings. The lowest BCUT2D eigenvalue weighted by atomic mass is 10.2. The molecule has 0 saturated heterocycles. The van der Waals surface area contributed by atoms with Gasteiger partial charge in [0.25, 0.3) is 0 Å². The number of hydrogen-bond donors (Lipinski definition) is 2. The van der Waals surface area contributed by atoms with Crippen molar-refractivity contribution in [2.45, 2.75) is 6.92 Å². The molecule has 0 aliphatic heterocycles. The Labute approximate surface area is 105 Å². The number of aromatic nitrogens is 2. The van der Waals surface area contributed by atoms with Gasteiger partial charge >= 0.3 is 0 Å². The Bertz CT molecular complexity index is 528.